The van der Waals surface area contributed by atoms with Crippen LogP contribution in [0.4, 0.5) is 0 Å². The van der Waals surface area contributed by atoms with Gasteiger partial charge in [0.1, 0.15) is 11.6 Å². The van der Waals surface area contributed by atoms with E-state index in [4.69, 9.17) is 4.74 Å². The molecule has 0 aromatic heterocycles. The molecular weight excluding hydrogens is 482 g/mol. The normalized spacial score (nSPS) is 31.2. The minimum Gasteiger partial charge on any atom is -0.394 e. The zero-order chi connectivity index (χ0) is 26.9. The lowest BCUT2D eigenvalue weighted by molar-refractivity contribution is -0.151. The molecule has 0 bridgehead atoms. The van der Waals surface area contributed by atoms with Gasteiger partial charge >= 0.3 is 0 Å². The summed E-state index contributed by atoms with van der Waals surface area (Å²) in [6, 6.07) is 8.36. The molecule has 2 fully saturated rings. The molecule has 4 aliphatic heterocycles. The van der Waals surface area contributed by atoms with Gasteiger partial charge in [0.2, 0.25) is 17.7 Å². The molecule has 1 spiro atoms. The lowest BCUT2D eigenvalue weighted by Crippen LogP contribution is -2.58. The molecule has 4 aliphatic rings. The van der Waals surface area contributed by atoms with Crippen LogP contribution in [0.25, 0.3) is 0 Å². The van der Waals surface area contributed by atoms with Gasteiger partial charge in [0.15, 0.2) is 0 Å². The summed E-state index contributed by atoms with van der Waals surface area (Å²) in [6.45, 7) is 5.67. The number of nitrogens with zero attached hydrogens (tertiary/aromatic N) is 3. The zero-order valence-corrected chi connectivity index (χ0v) is 22.4. The van der Waals surface area contributed by atoms with E-state index >= 15 is 0 Å². The maximum absolute atomic E-state index is 14.2. The van der Waals surface area contributed by atoms with Crippen LogP contribution in [0.2, 0.25) is 0 Å². The average Bonchev–Trinajstić information content (AvgIpc) is 3.25. The first-order valence-corrected chi connectivity index (χ1v) is 14.0. The van der Waals surface area contributed by atoms with Gasteiger partial charge in [0, 0.05) is 26.2 Å². The first-order chi connectivity index (χ1) is 18.5. The summed E-state index contributed by atoms with van der Waals surface area (Å²) < 4.78 is 6.68. The molecule has 0 aliphatic carbocycles. The molecule has 0 radical (unpaired) electrons. The molecule has 1 aromatic rings. The van der Waals surface area contributed by atoms with Gasteiger partial charge in [-0.25, -0.2) is 0 Å². The van der Waals surface area contributed by atoms with Crippen molar-refractivity contribution in [3.63, 3.8) is 0 Å². The maximum Gasteiger partial charge on any atom is 0.249 e. The largest absolute Gasteiger partial charge is 0.394 e. The Morgan fingerprint density at radius 2 is 1.76 bits per heavy atom. The van der Waals surface area contributed by atoms with Gasteiger partial charge in [-0.05, 0) is 18.4 Å². The molecule has 8 heteroatoms. The smallest absolute Gasteiger partial charge is 0.249 e. The van der Waals surface area contributed by atoms with E-state index in [1.165, 1.54) is 0 Å². The van der Waals surface area contributed by atoms with E-state index < -0.39 is 35.6 Å². The van der Waals surface area contributed by atoms with Crippen molar-refractivity contribution in [2.75, 3.05) is 26.2 Å². The third-order valence-corrected chi connectivity index (χ3v) is 8.59. The number of benzene rings is 1. The quantitative estimate of drug-likeness (QED) is 0.399. The van der Waals surface area contributed by atoms with E-state index in [9.17, 15) is 19.5 Å². The van der Waals surface area contributed by atoms with Crippen molar-refractivity contribution in [3.05, 3.63) is 60.2 Å². The average molecular weight is 522 g/mol. The first kappa shape index (κ1) is 26.6. The van der Waals surface area contributed by atoms with Crippen LogP contribution in [-0.2, 0) is 25.7 Å². The number of aliphatic hydroxyl groups excluding tert-OH is 1. The van der Waals surface area contributed by atoms with E-state index in [0.29, 0.717) is 32.6 Å². The summed E-state index contributed by atoms with van der Waals surface area (Å²) in [6.07, 6.45) is 10.5. The van der Waals surface area contributed by atoms with Crippen molar-refractivity contribution >= 4 is 17.7 Å². The lowest BCUT2D eigenvalue weighted by Gasteiger charge is -2.38. The first-order valence-electron chi connectivity index (χ1n) is 14.0. The number of fused-ring (bicyclic) bond motifs is 2. The van der Waals surface area contributed by atoms with Crippen LogP contribution >= 0.6 is 0 Å². The number of carbonyl (C=O) groups excluding carboxylic acids is 3. The zero-order valence-electron chi connectivity index (χ0n) is 22.4. The highest BCUT2D eigenvalue weighted by Gasteiger charge is 2.72. The topological polar surface area (TPSA) is 90.4 Å². The summed E-state index contributed by atoms with van der Waals surface area (Å²) in [4.78, 5) is 47.6. The number of aliphatic hydroxyl groups is 1. The van der Waals surface area contributed by atoms with E-state index in [2.05, 4.69) is 6.92 Å². The number of amides is 3. The van der Waals surface area contributed by atoms with Crippen LogP contribution in [0.5, 0.6) is 0 Å². The highest BCUT2D eigenvalue weighted by Crippen LogP contribution is 2.54. The van der Waals surface area contributed by atoms with Crippen molar-refractivity contribution in [3.8, 4) is 0 Å². The third kappa shape index (κ3) is 4.37. The molecule has 4 heterocycles. The Balaban J connectivity index is 1.53. The second kappa shape index (κ2) is 11.0. The summed E-state index contributed by atoms with van der Waals surface area (Å²) >= 11 is 0. The molecule has 204 valence electrons. The number of hydrogen-bond donors (Lipinski definition) is 1. The maximum atomic E-state index is 14.2. The van der Waals surface area contributed by atoms with Crippen LogP contribution in [0.1, 0.15) is 45.1 Å². The summed E-state index contributed by atoms with van der Waals surface area (Å²) in [5, 5.41) is 10.2. The monoisotopic (exact) mass is 521 g/mol. The molecule has 8 nitrogen and oxygen atoms in total. The van der Waals surface area contributed by atoms with Crippen LogP contribution in [0.15, 0.2) is 54.6 Å². The van der Waals surface area contributed by atoms with Crippen LogP contribution in [0, 0.1) is 11.8 Å². The molecule has 6 atom stereocenters. The lowest BCUT2D eigenvalue weighted by atomic mass is 9.77. The highest BCUT2D eigenvalue weighted by molar-refractivity contribution is 6.00. The number of ether oxygens (including phenoxy) is 1. The Morgan fingerprint density at radius 3 is 2.47 bits per heavy atom. The molecule has 5 rings (SSSR count). The number of rotatable bonds is 9. The van der Waals surface area contributed by atoms with Crippen molar-refractivity contribution in [2.24, 2.45) is 11.8 Å². The predicted molar refractivity (Wildman–Crippen MR) is 143 cm³/mol. The number of carbonyl (C=O) groups is 3. The number of hydrogen-bond acceptors (Lipinski definition) is 5. The van der Waals surface area contributed by atoms with Gasteiger partial charge < -0.3 is 24.5 Å². The fraction of sp³-hybridized carbons (Fsp3) is 0.567. The van der Waals surface area contributed by atoms with E-state index in [0.717, 1.165) is 24.8 Å². The van der Waals surface area contributed by atoms with Gasteiger partial charge in [0.25, 0.3) is 0 Å². The Labute approximate surface area is 224 Å². The molecule has 1 N–H and O–H groups in total. The van der Waals surface area contributed by atoms with Crippen LogP contribution < -0.4 is 0 Å². The molecule has 1 unspecified atom stereocenters. The molecule has 3 amide bonds. The van der Waals surface area contributed by atoms with Crippen molar-refractivity contribution < 1.29 is 24.2 Å². The highest BCUT2D eigenvalue weighted by atomic mass is 16.5. The van der Waals surface area contributed by atoms with Gasteiger partial charge in [0.05, 0.1) is 30.6 Å². The SMILES string of the molecule is CCCCCN1CC=C[C@]23O[C@@H]4C=CCN(Cc5ccccc5)C(=O)[C@@H]4[C@H]2C(=O)N([C@@H](CC)CO)C3C1=O. The second-order valence-corrected chi connectivity index (χ2v) is 10.9. The Bertz CT molecular complexity index is 1100. The molecular formula is C30H39N3O5. The standard InChI is InChI=1S/C30H39N3O5/c1-3-5-9-16-31-18-11-15-30-25(28(36)33(22(4-2)20-34)26(30)29(31)37)24-23(38-30)14-10-17-32(27(24)35)19-21-12-7-6-8-13-21/h6-8,10-15,22-26,34H,3-5,9,16-20H2,1-2H3/t22-,23+,24-,25-,26?,30-/m0/s1. The summed E-state index contributed by atoms with van der Waals surface area (Å²) in [7, 11) is 0. The van der Waals surface area contributed by atoms with Crippen molar-refractivity contribution in [1.29, 1.82) is 0 Å². The number of likely N-dealkylation sites (tertiary alicyclic amines) is 1. The Hall–Kier alpha value is -2.97. The Morgan fingerprint density at radius 1 is 1.00 bits per heavy atom. The fourth-order valence-corrected chi connectivity index (χ4v) is 6.68. The van der Waals surface area contributed by atoms with E-state index in [1.54, 1.807) is 14.7 Å². The van der Waals surface area contributed by atoms with E-state index in [1.807, 2.05) is 61.6 Å². The van der Waals surface area contributed by atoms with Crippen molar-refractivity contribution in [1.82, 2.24) is 14.7 Å². The van der Waals surface area contributed by atoms with Gasteiger partial charge in [-0.15, -0.1) is 0 Å². The third-order valence-electron chi connectivity index (χ3n) is 8.59. The van der Waals surface area contributed by atoms with Crippen molar-refractivity contribution in [2.45, 2.75) is 69.9 Å². The van der Waals surface area contributed by atoms with Crippen LogP contribution in [0.3, 0.4) is 0 Å². The fourth-order valence-electron chi connectivity index (χ4n) is 6.68. The predicted octanol–water partition coefficient (Wildman–Crippen LogP) is 2.53. The van der Waals surface area contributed by atoms with E-state index in [-0.39, 0.29) is 24.3 Å². The van der Waals surface area contributed by atoms with Gasteiger partial charge in [-0.2, -0.15) is 0 Å². The van der Waals surface area contributed by atoms with Gasteiger partial charge in [-0.3, -0.25) is 14.4 Å². The minimum absolute atomic E-state index is 0.137. The Kier molecular flexibility index (Phi) is 7.73. The second-order valence-electron chi connectivity index (χ2n) is 10.9. The molecule has 2 saturated heterocycles. The molecule has 38 heavy (non-hydrogen) atoms. The van der Waals surface area contributed by atoms with Gasteiger partial charge in [-0.1, -0.05) is 81.3 Å². The number of unbranched alkanes of at least 4 members (excludes halogenated alkanes) is 2. The molecule has 0 saturated carbocycles. The van der Waals surface area contributed by atoms with Crippen LogP contribution in [-0.4, -0.2) is 87.6 Å². The summed E-state index contributed by atoms with van der Waals surface area (Å²) in [5.41, 5.74) is -0.237. The minimum atomic E-state index is -1.25. The summed E-state index contributed by atoms with van der Waals surface area (Å²) in [5.74, 6) is -2.15. The molecule has 1 aromatic carbocycles.